The Morgan fingerprint density at radius 1 is 1.47 bits per heavy atom. The Bertz CT molecular complexity index is 534. The van der Waals surface area contributed by atoms with E-state index in [0.717, 1.165) is 0 Å². The molecule has 0 spiro atoms. The lowest BCUT2D eigenvalue weighted by atomic mass is 10.2. The largest absolute Gasteiger partial charge is 0.506 e. The van der Waals surface area contributed by atoms with Crippen molar-refractivity contribution in [2.24, 2.45) is 0 Å². The van der Waals surface area contributed by atoms with Gasteiger partial charge in [-0.25, -0.2) is 4.98 Å². The van der Waals surface area contributed by atoms with Crippen LogP contribution in [0.5, 0.6) is 5.75 Å². The molecule has 2 rings (SSSR count). The number of oxazole rings is 1. The van der Waals surface area contributed by atoms with Crippen LogP contribution in [-0.2, 0) is 11.2 Å². The predicted molar refractivity (Wildman–Crippen MR) is 61.7 cm³/mol. The zero-order valence-corrected chi connectivity index (χ0v) is 9.30. The fourth-order valence-electron chi connectivity index (χ4n) is 1.43. The van der Waals surface area contributed by atoms with Crippen molar-refractivity contribution >= 4 is 11.6 Å². The summed E-state index contributed by atoms with van der Waals surface area (Å²) in [5, 5.41) is 12.1. The van der Waals surface area contributed by atoms with Gasteiger partial charge in [-0.3, -0.25) is 4.79 Å². The minimum absolute atomic E-state index is 0.0391. The van der Waals surface area contributed by atoms with Crippen LogP contribution in [0.1, 0.15) is 11.6 Å². The minimum Gasteiger partial charge on any atom is -0.506 e. The molecular formula is C12H12N2O3. The third-order valence-corrected chi connectivity index (χ3v) is 2.19. The summed E-state index contributed by atoms with van der Waals surface area (Å²) >= 11 is 0. The number of nitrogens with zero attached hydrogens (tertiary/aromatic N) is 1. The Labute approximate surface area is 98.1 Å². The number of rotatable bonds is 3. The van der Waals surface area contributed by atoms with Crippen LogP contribution in [0.3, 0.4) is 0 Å². The number of hydrogen-bond donors (Lipinski definition) is 2. The van der Waals surface area contributed by atoms with Crippen LogP contribution >= 0.6 is 0 Å². The quantitative estimate of drug-likeness (QED) is 0.792. The number of aryl methyl sites for hydroxylation is 1. The van der Waals surface area contributed by atoms with Gasteiger partial charge in [-0.05, 0) is 12.1 Å². The molecule has 0 bridgehead atoms. The second-order valence-corrected chi connectivity index (χ2v) is 3.60. The van der Waals surface area contributed by atoms with Gasteiger partial charge in [0.1, 0.15) is 12.0 Å². The summed E-state index contributed by atoms with van der Waals surface area (Å²) in [5.41, 5.74) is 0.952. The number of aromatic nitrogens is 1. The topological polar surface area (TPSA) is 75.4 Å². The second kappa shape index (κ2) is 4.69. The molecule has 1 amide bonds. The molecule has 0 radical (unpaired) electrons. The molecule has 0 aliphatic rings. The second-order valence-electron chi connectivity index (χ2n) is 3.60. The van der Waals surface area contributed by atoms with E-state index in [1.54, 1.807) is 25.1 Å². The molecule has 0 aliphatic carbocycles. The van der Waals surface area contributed by atoms with E-state index in [0.29, 0.717) is 17.3 Å². The van der Waals surface area contributed by atoms with Crippen LogP contribution in [0, 0.1) is 6.92 Å². The Kier molecular flexibility index (Phi) is 3.09. The summed E-state index contributed by atoms with van der Waals surface area (Å²) in [5.74, 6) is 0.312. The first-order chi connectivity index (χ1) is 8.15. The number of hydrogen-bond acceptors (Lipinski definition) is 4. The number of para-hydroxylation sites is 2. The number of amides is 1. The molecule has 2 N–H and O–H groups in total. The van der Waals surface area contributed by atoms with E-state index in [9.17, 15) is 9.90 Å². The first-order valence-electron chi connectivity index (χ1n) is 5.14. The molecule has 0 unspecified atom stereocenters. The van der Waals surface area contributed by atoms with Crippen LogP contribution in [0.15, 0.2) is 34.9 Å². The lowest BCUT2D eigenvalue weighted by Gasteiger charge is -2.05. The molecule has 1 heterocycles. The smallest absolute Gasteiger partial charge is 0.230 e. The van der Waals surface area contributed by atoms with Crippen molar-refractivity contribution in [1.82, 2.24) is 4.98 Å². The number of aromatic hydroxyl groups is 1. The first-order valence-corrected chi connectivity index (χ1v) is 5.14. The third-order valence-electron chi connectivity index (χ3n) is 2.19. The van der Waals surface area contributed by atoms with Crippen LogP contribution in [0.2, 0.25) is 0 Å². The summed E-state index contributed by atoms with van der Waals surface area (Å²) in [6.45, 7) is 1.71. The van der Waals surface area contributed by atoms with Gasteiger partial charge in [0.25, 0.3) is 0 Å². The number of benzene rings is 1. The zero-order chi connectivity index (χ0) is 12.3. The van der Waals surface area contributed by atoms with E-state index in [-0.39, 0.29) is 18.1 Å². The minimum atomic E-state index is -0.250. The number of nitrogens with one attached hydrogen (secondary N) is 1. The summed E-state index contributed by atoms with van der Waals surface area (Å²) in [6.07, 6.45) is 1.56. The third kappa shape index (κ3) is 2.84. The lowest BCUT2D eigenvalue weighted by molar-refractivity contribution is -0.115. The number of carbonyl (C=O) groups excluding carboxylic acids is 1. The van der Waals surface area contributed by atoms with E-state index in [2.05, 4.69) is 10.3 Å². The van der Waals surface area contributed by atoms with E-state index in [1.165, 1.54) is 12.3 Å². The molecule has 2 aromatic rings. The molecule has 17 heavy (non-hydrogen) atoms. The Hall–Kier alpha value is -2.30. The summed E-state index contributed by atoms with van der Waals surface area (Å²) in [7, 11) is 0. The van der Waals surface area contributed by atoms with Crippen molar-refractivity contribution in [3.05, 3.63) is 42.1 Å². The number of carbonyl (C=O) groups is 1. The van der Waals surface area contributed by atoms with E-state index in [4.69, 9.17) is 4.42 Å². The maximum Gasteiger partial charge on any atom is 0.230 e. The Morgan fingerprint density at radius 2 is 2.24 bits per heavy atom. The van der Waals surface area contributed by atoms with E-state index < -0.39 is 0 Å². The van der Waals surface area contributed by atoms with Gasteiger partial charge in [0.05, 0.1) is 17.8 Å². The monoisotopic (exact) mass is 232 g/mol. The fourth-order valence-corrected chi connectivity index (χ4v) is 1.43. The van der Waals surface area contributed by atoms with E-state index >= 15 is 0 Å². The molecular weight excluding hydrogens is 220 g/mol. The zero-order valence-electron chi connectivity index (χ0n) is 9.30. The van der Waals surface area contributed by atoms with E-state index in [1.807, 2.05) is 0 Å². The summed E-state index contributed by atoms with van der Waals surface area (Å²) in [4.78, 5) is 15.7. The number of anilines is 1. The highest BCUT2D eigenvalue weighted by Gasteiger charge is 2.09. The molecule has 0 saturated carbocycles. The molecule has 0 atom stereocenters. The lowest BCUT2D eigenvalue weighted by Crippen LogP contribution is -2.14. The molecule has 0 saturated heterocycles. The van der Waals surface area contributed by atoms with Gasteiger partial charge in [0, 0.05) is 6.92 Å². The molecule has 88 valence electrons. The van der Waals surface area contributed by atoms with Gasteiger partial charge in [-0.1, -0.05) is 12.1 Å². The molecule has 5 heteroatoms. The van der Waals surface area contributed by atoms with Crippen molar-refractivity contribution < 1.29 is 14.3 Å². The molecule has 1 aromatic carbocycles. The standard InChI is InChI=1S/C12H12N2O3/c1-8-13-9(7-17-8)6-12(16)14-10-4-2-3-5-11(10)15/h2-5,7,15H,6H2,1H3,(H,14,16). The van der Waals surface area contributed by atoms with Crippen molar-refractivity contribution in [1.29, 1.82) is 0 Å². The predicted octanol–water partition coefficient (Wildman–Crippen LogP) is 1.87. The maximum atomic E-state index is 11.6. The number of phenolic OH excluding ortho intramolecular Hbond substituents is 1. The van der Waals surface area contributed by atoms with Gasteiger partial charge in [-0.15, -0.1) is 0 Å². The van der Waals surface area contributed by atoms with Crippen molar-refractivity contribution in [2.75, 3.05) is 5.32 Å². The molecule has 0 aliphatic heterocycles. The Balaban J connectivity index is 2.01. The van der Waals surface area contributed by atoms with Crippen molar-refractivity contribution in [2.45, 2.75) is 13.3 Å². The van der Waals surface area contributed by atoms with Gasteiger partial charge in [0.15, 0.2) is 5.89 Å². The number of phenols is 1. The van der Waals surface area contributed by atoms with Gasteiger partial charge < -0.3 is 14.8 Å². The first kappa shape index (κ1) is 11.2. The van der Waals surface area contributed by atoms with Crippen LogP contribution in [0.4, 0.5) is 5.69 Å². The highest BCUT2D eigenvalue weighted by atomic mass is 16.3. The van der Waals surface area contributed by atoms with Crippen LogP contribution in [-0.4, -0.2) is 16.0 Å². The fraction of sp³-hybridized carbons (Fsp3) is 0.167. The molecule has 0 fully saturated rings. The highest BCUT2D eigenvalue weighted by molar-refractivity contribution is 5.93. The van der Waals surface area contributed by atoms with Crippen LogP contribution in [0.25, 0.3) is 0 Å². The molecule has 1 aromatic heterocycles. The SMILES string of the molecule is Cc1nc(CC(=O)Nc2ccccc2O)co1. The average molecular weight is 232 g/mol. The van der Waals surface area contributed by atoms with Crippen LogP contribution < -0.4 is 5.32 Å². The average Bonchev–Trinajstić information content (AvgIpc) is 2.67. The van der Waals surface area contributed by atoms with Gasteiger partial charge in [0.2, 0.25) is 5.91 Å². The maximum absolute atomic E-state index is 11.6. The van der Waals surface area contributed by atoms with Crippen molar-refractivity contribution in [3.63, 3.8) is 0 Å². The van der Waals surface area contributed by atoms with Gasteiger partial charge in [-0.2, -0.15) is 0 Å². The Morgan fingerprint density at radius 3 is 2.88 bits per heavy atom. The van der Waals surface area contributed by atoms with Gasteiger partial charge >= 0.3 is 0 Å². The molecule has 5 nitrogen and oxygen atoms in total. The normalized spacial score (nSPS) is 10.2. The highest BCUT2D eigenvalue weighted by Crippen LogP contribution is 2.21. The summed E-state index contributed by atoms with van der Waals surface area (Å²) in [6, 6.07) is 6.55. The van der Waals surface area contributed by atoms with Crippen molar-refractivity contribution in [3.8, 4) is 5.75 Å². The summed E-state index contributed by atoms with van der Waals surface area (Å²) < 4.78 is 5.00.